The van der Waals surface area contributed by atoms with Gasteiger partial charge in [0.2, 0.25) is 5.91 Å². The maximum Gasteiger partial charge on any atom is 0.312 e. The number of anilines is 1. The fraction of sp³-hybridized carbons (Fsp3) is 0.300. The van der Waals surface area contributed by atoms with Gasteiger partial charge in [0.1, 0.15) is 5.75 Å². The first-order chi connectivity index (χ1) is 13.0. The molecule has 2 aromatic rings. The summed E-state index contributed by atoms with van der Waals surface area (Å²) in [6.07, 6.45) is 0.240. The van der Waals surface area contributed by atoms with Gasteiger partial charge in [-0.2, -0.15) is 0 Å². The molecule has 0 bridgehead atoms. The van der Waals surface area contributed by atoms with Crippen LogP contribution in [0, 0.1) is 0 Å². The Morgan fingerprint density at radius 1 is 1.30 bits per heavy atom. The summed E-state index contributed by atoms with van der Waals surface area (Å²) in [5.41, 5.74) is 2.38. The fourth-order valence-electron chi connectivity index (χ4n) is 3.29. The molecule has 0 fully saturated rings. The highest BCUT2D eigenvalue weighted by Crippen LogP contribution is 2.29. The molecular formula is C20H21ClN2O4. The Labute approximate surface area is 162 Å². The van der Waals surface area contributed by atoms with Crippen LogP contribution in [-0.2, 0) is 16.1 Å². The van der Waals surface area contributed by atoms with Crippen LogP contribution in [0.15, 0.2) is 42.5 Å². The molecular weight excluding hydrogens is 368 g/mol. The van der Waals surface area contributed by atoms with E-state index in [1.54, 1.807) is 30.2 Å². The summed E-state index contributed by atoms with van der Waals surface area (Å²) < 4.78 is 5.27. The quantitative estimate of drug-likeness (QED) is 0.793. The summed E-state index contributed by atoms with van der Waals surface area (Å²) in [4.78, 5) is 25.8. The van der Waals surface area contributed by atoms with Crippen molar-refractivity contribution in [2.75, 3.05) is 25.5 Å². The number of hydrogen-bond donors (Lipinski definition) is 2. The Morgan fingerprint density at radius 2 is 2.07 bits per heavy atom. The van der Waals surface area contributed by atoms with Crippen molar-refractivity contribution in [1.82, 2.24) is 4.90 Å². The number of nitrogens with zero attached hydrogens (tertiary/aromatic N) is 1. The molecule has 0 radical (unpaired) electrons. The fourth-order valence-corrected chi connectivity index (χ4v) is 3.46. The Balaban J connectivity index is 1.64. The number of hydrogen-bond acceptors (Lipinski definition) is 4. The minimum Gasteiger partial charge on any atom is -0.495 e. The van der Waals surface area contributed by atoms with E-state index < -0.39 is 11.9 Å². The first-order valence-corrected chi connectivity index (χ1v) is 9.03. The molecule has 6 nitrogen and oxygen atoms in total. The van der Waals surface area contributed by atoms with E-state index in [9.17, 15) is 14.7 Å². The summed E-state index contributed by atoms with van der Waals surface area (Å²) in [6.45, 7) is 1.01. The standard InChI is InChI=1S/C20H21ClN2O4/c1-27-18-7-6-14(21)10-17(18)22-9-8-19(24)23-11-13-4-2-3-5-15(13)16(12-23)20(25)26/h2-7,10,16,22H,8-9,11-12H2,1H3,(H,25,26). The number of carboxylic acid groups (broad SMARTS) is 1. The average molecular weight is 389 g/mol. The number of carbonyl (C=O) groups is 2. The van der Waals surface area contributed by atoms with Crippen LogP contribution in [-0.4, -0.2) is 42.1 Å². The van der Waals surface area contributed by atoms with Crippen LogP contribution in [0.2, 0.25) is 5.02 Å². The topological polar surface area (TPSA) is 78.9 Å². The minimum absolute atomic E-state index is 0.0933. The van der Waals surface area contributed by atoms with Crippen LogP contribution in [0.1, 0.15) is 23.5 Å². The van der Waals surface area contributed by atoms with Crippen molar-refractivity contribution < 1.29 is 19.4 Å². The normalized spacial score (nSPS) is 15.8. The number of carbonyl (C=O) groups excluding carboxylic acids is 1. The number of nitrogens with one attached hydrogen (secondary N) is 1. The van der Waals surface area contributed by atoms with Gasteiger partial charge in [-0.1, -0.05) is 35.9 Å². The lowest BCUT2D eigenvalue weighted by molar-refractivity contribution is -0.141. The van der Waals surface area contributed by atoms with E-state index in [1.807, 2.05) is 24.3 Å². The zero-order chi connectivity index (χ0) is 19.4. The van der Waals surface area contributed by atoms with Gasteiger partial charge in [-0.15, -0.1) is 0 Å². The van der Waals surface area contributed by atoms with Gasteiger partial charge in [-0.25, -0.2) is 0 Å². The zero-order valence-corrected chi connectivity index (χ0v) is 15.7. The molecule has 1 heterocycles. The molecule has 142 valence electrons. The lowest BCUT2D eigenvalue weighted by Crippen LogP contribution is -2.41. The van der Waals surface area contributed by atoms with Gasteiger partial charge in [0.05, 0.1) is 18.7 Å². The molecule has 1 aliphatic heterocycles. The van der Waals surface area contributed by atoms with Crippen LogP contribution in [0.4, 0.5) is 5.69 Å². The number of ether oxygens (including phenoxy) is 1. The maximum atomic E-state index is 12.6. The zero-order valence-electron chi connectivity index (χ0n) is 14.9. The number of halogens is 1. The maximum absolute atomic E-state index is 12.6. The molecule has 1 unspecified atom stereocenters. The van der Waals surface area contributed by atoms with Crippen LogP contribution in [0.25, 0.3) is 0 Å². The van der Waals surface area contributed by atoms with Crippen LogP contribution in [0.5, 0.6) is 5.75 Å². The van der Waals surface area contributed by atoms with Gasteiger partial charge in [0.25, 0.3) is 0 Å². The minimum atomic E-state index is -0.915. The number of methoxy groups -OCH3 is 1. The number of rotatable bonds is 6. The van der Waals surface area contributed by atoms with Crippen molar-refractivity contribution in [3.8, 4) is 5.75 Å². The highest BCUT2D eigenvalue weighted by molar-refractivity contribution is 6.30. The largest absolute Gasteiger partial charge is 0.495 e. The second-order valence-electron chi connectivity index (χ2n) is 6.39. The SMILES string of the molecule is COc1ccc(Cl)cc1NCCC(=O)N1Cc2ccccc2C(C(=O)O)C1. The second-order valence-corrected chi connectivity index (χ2v) is 6.82. The van der Waals surface area contributed by atoms with E-state index in [0.29, 0.717) is 29.5 Å². The van der Waals surface area contributed by atoms with Crippen molar-refractivity contribution in [2.45, 2.75) is 18.9 Å². The third kappa shape index (κ3) is 4.34. The van der Waals surface area contributed by atoms with Gasteiger partial charge in [0, 0.05) is 31.1 Å². The number of aliphatic carboxylic acids is 1. The predicted octanol–water partition coefficient (Wildman–Crippen LogP) is 3.36. The van der Waals surface area contributed by atoms with E-state index >= 15 is 0 Å². The van der Waals surface area contributed by atoms with Crippen LogP contribution >= 0.6 is 11.6 Å². The third-order valence-electron chi connectivity index (χ3n) is 4.66. The molecule has 27 heavy (non-hydrogen) atoms. The van der Waals surface area contributed by atoms with Gasteiger partial charge in [-0.3, -0.25) is 9.59 Å². The average Bonchev–Trinajstić information content (AvgIpc) is 2.67. The summed E-state index contributed by atoms with van der Waals surface area (Å²) in [7, 11) is 1.57. The molecule has 2 aromatic carbocycles. The lowest BCUT2D eigenvalue weighted by atomic mass is 9.89. The monoisotopic (exact) mass is 388 g/mol. The highest BCUT2D eigenvalue weighted by atomic mass is 35.5. The van der Waals surface area contributed by atoms with E-state index in [4.69, 9.17) is 16.3 Å². The van der Waals surface area contributed by atoms with E-state index in [0.717, 1.165) is 11.1 Å². The predicted molar refractivity (Wildman–Crippen MR) is 103 cm³/mol. The van der Waals surface area contributed by atoms with E-state index in [1.165, 1.54) is 0 Å². The van der Waals surface area contributed by atoms with Crippen molar-refractivity contribution in [2.24, 2.45) is 0 Å². The first-order valence-electron chi connectivity index (χ1n) is 8.65. The van der Waals surface area contributed by atoms with Crippen LogP contribution < -0.4 is 10.1 Å². The molecule has 0 aliphatic carbocycles. The summed E-state index contributed by atoms with van der Waals surface area (Å²) in [5.74, 6) is -1.06. The molecule has 3 rings (SSSR count). The van der Waals surface area contributed by atoms with Gasteiger partial charge in [0.15, 0.2) is 0 Å². The molecule has 1 atom stereocenters. The van der Waals surface area contributed by atoms with Gasteiger partial charge < -0.3 is 20.1 Å². The Kier molecular flexibility index (Phi) is 5.86. The molecule has 0 spiro atoms. The van der Waals surface area contributed by atoms with E-state index in [-0.39, 0.29) is 18.9 Å². The van der Waals surface area contributed by atoms with Gasteiger partial charge >= 0.3 is 5.97 Å². The number of benzene rings is 2. The summed E-state index contributed by atoms with van der Waals surface area (Å²) in [6, 6.07) is 12.6. The summed E-state index contributed by atoms with van der Waals surface area (Å²) in [5, 5.41) is 13.2. The molecule has 2 N–H and O–H groups in total. The Bertz CT molecular complexity index is 856. The Hall–Kier alpha value is -2.73. The third-order valence-corrected chi connectivity index (χ3v) is 4.90. The number of fused-ring (bicyclic) bond motifs is 1. The number of amides is 1. The van der Waals surface area contributed by atoms with Crippen molar-refractivity contribution in [3.05, 3.63) is 58.6 Å². The van der Waals surface area contributed by atoms with Gasteiger partial charge in [-0.05, 0) is 29.3 Å². The smallest absolute Gasteiger partial charge is 0.312 e. The molecule has 1 aliphatic rings. The molecule has 1 amide bonds. The molecule has 7 heteroatoms. The Morgan fingerprint density at radius 3 is 2.81 bits per heavy atom. The molecule has 0 saturated carbocycles. The van der Waals surface area contributed by atoms with Crippen molar-refractivity contribution >= 4 is 29.2 Å². The first kappa shape index (κ1) is 19.0. The lowest BCUT2D eigenvalue weighted by Gasteiger charge is -2.33. The van der Waals surface area contributed by atoms with Crippen LogP contribution in [0.3, 0.4) is 0 Å². The highest BCUT2D eigenvalue weighted by Gasteiger charge is 2.32. The van der Waals surface area contributed by atoms with E-state index in [2.05, 4.69) is 5.32 Å². The van der Waals surface area contributed by atoms with Crippen molar-refractivity contribution in [1.29, 1.82) is 0 Å². The number of carboxylic acids is 1. The summed E-state index contributed by atoms with van der Waals surface area (Å²) >= 11 is 6.00. The molecule has 0 saturated heterocycles. The molecule has 0 aromatic heterocycles. The second kappa shape index (κ2) is 8.31. The van der Waals surface area contributed by atoms with Crippen molar-refractivity contribution in [3.63, 3.8) is 0 Å².